The number of rotatable bonds is 10. The van der Waals surface area contributed by atoms with Crippen molar-refractivity contribution in [3.8, 4) is 5.75 Å². The van der Waals surface area contributed by atoms with Crippen LogP contribution in [0.1, 0.15) is 12.2 Å². The van der Waals surface area contributed by atoms with Crippen molar-refractivity contribution < 1.29 is 13.5 Å². The van der Waals surface area contributed by atoms with Gasteiger partial charge in [-0.05, 0) is 30.7 Å². The molecule has 4 rings (SSSR count). The fourth-order valence-corrected chi connectivity index (χ4v) is 4.05. The normalized spacial score (nSPS) is 11.1. The van der Waals surface area contributed by atoms with Crippen LogP contribution < -0.4 is 10.5 Å². The molecule has 0 atom stereocenters. The van der Waals surface area contributed by atoms with Crippen molar-refractivity contribution in [1.82, 2.24) is 19.3 Å². The fourth-order valence-electron chi connectivity index (χ4n) is 3.16. The molecular formula is C22H21FN4O3S. The summed E-state index contributed by atoms with van der Waals surface area (Å²) < 4.78 is 28.1. The molecule has 0 fully saturated rings. The number of oxazole rings is 1. The molecule has 4 aromatic rings. The maximum Gasteiger partial charge on any atom is 0.419 e. The molecule has 0 aliphatic heterocycles. The first-order valence-corrected chi connectivity index (χ1v) is 10.8. The second kappa shape index (κ2) is 9.65. The zero-order chi connectivity index (χ0) is 21.6. The molecule has 0 spiro atoms. The van der Waals surface area contributed by atoms with Crippen molar-refractivity contribution in [2.24, 2.45) is 0 Å². The standard InChI is InChI=1S/C22H21FN4O3S/c1-2-12-27-20(15-29-18-10-5-3-8-16(18)23)24-25-21(27)31-14-7-13-26-17-9-4-6-11-19(17)30-22(26)28/h2-6,8-11H,1,7,12-15H2. The summed E-state index contributed by atoms with van der Waals surface area (Å²) in [6, 6.07) is 13.6. The molecule has 0 radical (unpaired) electrons. The van der Waals surface area contributed by atoms with E-state index >= 15 is 0 Å². The summed E-state index contributed by atoms with van der Waals surface area (Å²) in [7, 11) is 0. The average molecular weight is 441 g/mol. The second-order valence-electron chi connectivity index (χ2n) is 6.71. The van der Waals surface area contributed by atoms with Gasteiger partial charge in [0.05, 0.1) is 5.52 Å². The molecular weight excluding hydrogens is 419 g/mol. The minimum absolute atomic E-state index is 0.0960. The number of hydrogen-bond acceptors (Lipinski definition) is 6. The highest BCUT2D eigenvalue weighted by molar-refractivity contribution is 7.99. The quantitative estimate of drug-likeness (QED) is 0.208. The van der Waals surface area contributed by atoms with Crippen LogP contribution in [0.5, 0.6) is 5.75 Å². The summed E-state index contributed by atoms with van der Waals surface area (Å²) in [5.74, 6) is 0.711. The Hall–Kier alpha value is -3.33. The van der Waals surface area contributed by atoms with Gasteiger partial charge in [-0.3, -0.25) is 9.13 Å². The van der Waals surface area contributed by atoms with Crippen molar-refractivity contribution >= 4 is 22.9 Å². The van der Waals surface area contributed by atoms with Crippen LogP contribution in [-0.2, 0) is 19.7 Å². The predicted molar refractivity (Wildman–Crippen MR) is 117 cm³/mol. The molecule has 0 saturated carbocycles. The van der Waals surface area contributed by atoms with Gasteiger partial charge in [0, 0.05) is 18.8 Å². The van der Waals surface area contributed by atoms with Gasteiger partial charge in [-0.25, -0.2) is 9.18 Å². The number of hydrogen-bond donors (Lipinski definition) is 0. The highest BCUT2D eigenvalue weighted by Gasteiger charge is 2.14. The number of para-hydroxylation sites is 3. The number of halogens is 1. The molecule has 7 nitrogen and oxygen atoms in total. The monoisotopic (exact) mass is 440 g/mol. The summed E-state index contributed by atoms with van der Waals surface area (Å²) in [6.45, 7) is 4.93. The van der Waals surface area contributed by atoms with Crippen LogP contribution >= 0.6 is 11.8 Å². The van der Waals surface area contributed by atoms with Crippen LogP contribution in [0.25, 0.3) is 11.1 Å². The first-order chi connectivity index (χ1) is 15.2. The highest BCUT2D eigenvalue weighted by Crippen LogP contribution is 2.21. The summed E-state index contributed by atoms with van der Waals surface area (Å²) in [6.07, 6.45) is 2.49. The Morgan fingerprint density at radius 1 is 1.13 bits per heavy atom. The molecule has 2 aromatic carbocycles. The lowest BCUT2D eigenvalue weighted by atomic mass is 10.3. The predicted octanol–water partition coefficient (Wildman–Crippen LogP) is 4.27. The Balaban J connectivity index is 1.38. The summed E-state index contributed by atoms with van der Waals surface area (Å²) in [5, 5.41) is 9.15. The Kier molecular flexibility index (Phi) is 6.51. The minimum Gasteiger partial charge on any atom is -0.483 e. The van der Waals surface area contributed by atoms with E-state index in [-0.39, 0.29) is 18.1 Å². The molecule has 31 heavy (non-hydrogen) atoms. The first-order valence-electron chi connectivity index (χ1n) is 9.79. The molecule has 0 N–H and O–H groups in total. The van der Waals surface area contributed by atoms with E-state index in [1.165, 1.54) is 17.8 Å². The third-order valence-corrected chi connectivity index (χ3v) is 5.68. The Morgan fingerprint density at radius 2 is 1.94 bits per heavy atom. The van der Waals surface area contributed by atoms with Crippen molar-refractivity contribution in [2.45, 2.75) is 31.3 Å². The Bertz CT molecular complexity index is 1250. The van der Waals surface area contributed by atoms with E-state index in [0.29, 0.717) is 24.5 Å². The zero-order valence-electron chi connectivity index (χ0n) is 16.7. The molecule has 0 amide bonds. The van der Waals surface area contributed by atoms with Gasteiger partial charge in [-0.2, -0.15) is 0 Å². The van der Waals surface area contributed by atoms with Gasteiger partial charge < -0.3 is 9.15 Å². The summed E-state index contributed by atoms with van der Waals surface area (Å²) in [5.41, 5.74) is 1.38. The third-order valence-electron chi connectivity index (χ3n) is 4.63. The van der Waals surface area contributed by atoms with Crippen LogP contribution in [0.4, 0.5) is 4.39 Å². The van der Waals surface area contributed by atoms with E-state index < -0.39 is 5.82 Å². The fraction of sp³-hybridized carbons (Fsp3) is 0.227. The van der Waals surface area contributed by atoms with E-state index in [9.17, 15) is 9.18 Å². The van der Waals surface area contributed by atoms with Gasteiger partial charge >= 0.3 is 5.76 Å². The summed E-state index contributed by atoms with van der Waals surface area (Å²) >= 11 is 1.53. The van der Waals surface area contributed by atoms with E-state index in [0.717, 1.165) is 22.8 Å². The Morgan fingerprint density at radius 3 is 2.77 bits per heavy atom. The van der Waals surface area contributed by atoms with Gasteiger partial charge in [-0.15, -0.1) is 16.8 Å². The molecule has 2 aromatic heterocycles. The molecule has 0 aliphatic rings. The van der Waals surface area contributed by atoms with Crippen molar-refractivity contribution in [1.29, 1.82) is 0 Å². The van der Waals surface area contributed by atoms with E-state index in [4.69, 9.17) is 9.15 Å². The number of ether oxygens (including phenoxy) is 1. The molecule has 0 aliphatic carbocycles. The summed E-state index contributed by atoms with van der Waals surface area (Å²) in [4.78, 5) is 12.1. The lowest BCUT2D eigenvalue weighted by molar-refractivity contribution is 0.275. The number of benzene rings is 2. The van der Waals surface area contributed by atoms with Crippen molar-refractivity contribution in [3.05, 3.63) is 83.4 Å². The maximum absolute atomic E-state index is 13.8. The highest BCUT2D eigenvalue weighted by atomic mass is 32.2. The van der Waals surface area contributed by atoms with Gasteiger partial charge in [0.25, 0.3) is 0 Å². The molecule has 160 valence electrons. The van der Waals surface area contributed by atoms with Crippen LogP contribution in [0.15, 0.2) is 75.6 Å². The minimum atomic E-state index is -0.422. The average Bonchev–Trinajstić information content (AvgIpc) is 3.31. The van der Waals surface area contributed by atoms with Crippen molar-refractivity contribution in [3.63, 3.8) is 0 Å². The molecule has 0 saturated heterocycles. The molecule has 0 unspecified atom stereocenters. The molecule has 2 heterocycles. The van der Waals surface area contributed by atoms with Gasteiger partial charge in [0.2, 0.25) is 0 Å². The van der Waals surface area contributed by atoms with E-state index in [2.05, 4.69) is 16.8 Å². The number of thioether (sulfide) groups is 1. The van der Waals surface area contributed by atoms with Crippen LogP contribution in [0.3, 0.4) is 0 Å². The van der Waals surface area contributed by atoms with Gasteiger partial charge in [-0.1, -0.05) is 42.1 Å². The zero-order valence-corrected chi connectivity index (χ0v) is 17.6. The SMILES string of the molecule is C=CCn1c(COc2ccccc2F)nnc1SCCCn1c(=O)oc2ccccc21. The van der Waals surface area contributed by atoms with Crippen LogP contribution in [0.2, 0.25) is 0 Å². The molecule has 0 bridgehead atoms. The number of nitrogens with zero attached hydrogens (tertiary/aromatic N) is 4. The smallest absolute Gasteiger partial charge is 0.419 e. The third kappa shape index (κ3) is 4.72. The largest absolute Gasteiger partial charge is 0.483 e. The van der Waals surface area contributed by atoms with E-state index in [1.54, 1.807) is 34.9 Å². The first kappa shape index (κ1) is 20.9. The van der Waals surface area contributed by atoms with Crippen LogP contribution in [-0.4, -0.2) is 25.1 Å². The molecule has 9 heteroatoms. The van der Waals surface area contributed by atoms with E-state index in [1.807, 2.05) is 22.8 Å². The topological polar surface area (TPSA) is 75.1 Å². The second-order valence-corrected chi connectivity index (χ2v) is 7.77. The lowest BCUT2D eigenvalue weighted by Gasteiger charge is -2.09. The lowest BCUT2D eigenvalue weighted by Crippen LogP contribution is -2.14. The van der Waals surface area contributed by atoms with Crippen LogP contribution in [0, 0.1) is 5.82 Å². The van der Waals surface area contributed by atoms with Gasteiger partial charge in [0.15, 0.2) is 28.1 Å². The number of aromatic nitrogens is 4. The Labute approximate surface area is 182 Å². The number of fused-ring (bicyclic) bond motifs is 1. The maximum atomic E-state index is 13.8. The number of aryl methyl sites for hydroxylation is 1. The number of allylic oxidation sites excluding steroid dienone is 1. The van der Waals surface area contributed by atoms with Crippen molar-refractivity contribution in [2.75, 3.05) is 5.75 Å². The van der Waals surface area contributed by atoms with Gasteiger partial charge in [0.1, 0.15) is 6.61 Å².